The van der Waals surface area contributed by atoms with E-state index in [1.807, 2.05) is 47.4 Å². The maximum absolute atomic E-state index is 14.0. The summed E-state index contributed by atoms with van der Waals surface area (Å²) in [6.45, 7) is 5.50. The van der Waals surface area contributed by atoms with Crippen molar-refractivity contribution in [1.82, 2.24) is 19.4 Å². The Morgan fingerprint density at radius 3 is 2.44 bits per heavy atom. The Balaban J connectivity index is 1.06. The number of carbonyl (C=O) groups is 2. The first-order valence-corrected chi connectivity index (χ1v) is 17.1. The first-order valence-electron chi connectivity index (χ1n) is 16.2. The average Bonchev–Trinajstić information content (AvgIpc) is 3.04. The summed E-state index contributed by atoms with van der Waals surface area (Å²) in [5.41, 5.74) is 4.42. The van der Waals surface area contributed by atoms with Gasteiger partial charge in [-0.2, -0.15) is 0 Å². The maximum Gasteiger partial charge on any atom is 0.332 e. The van der Waals surface area contributed by atoms with Crippen LogP contribution in [0.5, 0.6) is 0 Å². The molecule has 3 heterocycles. The third-order valence-corrected chi connectivity index (χ3v) is 10.2. The predicted octanol–water partition coefficient (Wildman–Crippen LogP) is 4.75. The summed E-state index contributed by atoms with van der Waals surface area (Å²) in [6, 6.07) is 17.9. The topological polar surface area (TPSA) is 94.0 Å². The summed E-state index contributed by atoms with van der Waals surface area (Å²) in [5.74, 6) is -0.298. The summed E-state index contributed by atoms with van der Waals surface area (Å²) >= 11 is 1.75. The zero-order valence-electron chi connectivity index (χ0n) is 26.0. The Kier molecular flexibility index (Phi) is 10.3. The molecule has 1 saturated heterocycles. The molecule has 10 heteroatoms. The van der Waals surface area contributed by atoms with Crippen LogP contribution >= 0.6 is 11.8 Å². The van der Waals surface area contributed by atoms with Crippen molar-refractivity contribution in [3.05, 3.63) is 87.3 Å². The van der Waals surface area contributed by atoms with Crippen molar-refractivity contribution in [2.45, 2.75) is 75.6 Å². The van der Waals surface area contributed by atoms with E-state index in [1.54, 1.807) is 23.3 Å². The van der Waals surface area contributed by atoms with Crippen LogP contribution in [0.25, 0.3) is 5.69 Å². The van der Waals surface area contributed by atoms with Crippen molar-refractivity contribution in [2.24, 2.45) is 5.92 Å². The molecule has 2 fully saturated rings. The molecule has 238 valence electrons. The monoisotopic (exact) mass is 630 g/mol. The predicted molar refractivity (Wildman–Crippen MR) is 173 cm³/mol. The molecule has 1 saturated carbocycles. The molecule has 0 unspecified atom stereocenters. The second kappa shape index (κ2) is 14.7. The third kappa shape index (κ3) is 7.68. The Bertz CT molecular complexity index is 1530. The Labute approximate surface area is 268 Å². The largest absolute Gasteiger partial charge is 0.464 e. The van der Waals surface area contributed by atoms with Gasteiger partial charge in [0.2, 0.25) is 5.91 Å². The molecule has 9 nitrogen and oxygen atoms in total. The number of carbonyl (C=O) groups excluding carboxylic acids is 2. The number of ether oxygens (including phenoxy) is 2. The zero-order valence-corrected chi connectivity index (χ0v) is 26.8. The normalized spacial score (nSPS) is 17.5. The number of aromatic nitrogens is 2. The molecule has 0 atom stereocenters. The number of rotatable bonds is 11. The molecule has 0 N–H and O–H groups in total. The van der Waals surface area contributed by atoms with Crippen molar-refractivity contribution in [2.75, 3.05) is 32.8 Å². The Hall–Kier alpha value is -3.47. The minimum Gasteiger partial charge on any atom is -0.464 e. The van der Waals surface area contributed by atoms with E-state index in [1.165, 1.54) is 19.3 Å². The Morgan fingerprint density at radius 2 is 1.71 bits per heavy atom. The molecular weight excluding hydrogens is 588 g/mol. The van der Waals surface area contributed by atoms with Gasteiger partial charge in [-0.25, -0.2) is 9.78 Å². The SMILES string of the molecule is CCOC(=O)COCc1ccc(CN2CC(C(=O)N3CCc4nc(SC5CCCCC5)n(-c5ccccc5)c(=O)c4C3)C2)cc1. The molecule has 6 rings (SSSR count). The molecule has 1 aliphatic carbocycles. The van der Waals surface area contributed by atoms with Crippen molar-refractivity contribution in [3.63, 3.8) is 0 Å². The summed E-state index contributed by atoms with van der Waals surface area (Å²) in [6.07, 6.45) is 6.67. The summed E-state index contributed by atoms with van der Waals surface area (Å²) < 4.78 is 12.1. The standard InChI is InChI=1S/C35H42N4O5S/c1-2-44-32(40)24-43-23-26-15-13-25(14-16-26)19-37-20-27(21-37)33(41)38-18-17-31-30(22-38)34(42)39(28-9-5-3-6-10-28)35(36-31)45-29-11-7-4-8-12-29/h3,5-6,9-10,13-16,27,29H,2,4,7-8,11-12,17-24H2,1H3. The van der Waals surface area contributed by atoms with E-state index < -0.39 is 0 Å². The highest BCUT2D eigenvalue weighted by molar-refractivity contribution is 7.99. The fourth-order valence-corrected chi connectivity index (χ4v) is 7.75. The molecule has 0 spiro atoms. The van der Waals surface area contributed by atoms with Gasteiger partial charge in [-0.15, -0.1) is 0 Å². The van der Waals surface area contributed by atoms with E-state index in [0.717, 1.165) is 47.1 Å². The molecule has 0 bridgehead atoms. The van der Waals surface area contributed by atoms with Crippen molar-refractivity contribution in [3.8, 4) is 5.69 Å². The summed E-state index contributed by atoms with van der Waals surface area (Å²) in [5, 5.41) is 1.26. The highest BCUT2D eigenvalue weighted by Gasteiger charge is 2.37. The van der Waals surface area contributed by atoms with E-state index >= 15 is 0 Å². The lowest BCUT2D eigenvalue weighted by molar-refractivity contribution is -0.148. The van der Waals surface area contributed by atoms with E-state index in [9.17, 15) is 14.4 Å². The fraction of sp³-hybridized carbons (Fsp3) is 0.486. The van der Waals surface area contributed by atoms with Gasteiger partial charge in [0.05, 0.1) is 42.6 Å². The second-order valence-electron chi connectivity index (χ2n) is 12.2. The van der Waals surface area contributed by atoms with Gasteiger partial charge in [-0.05, 0) is 43.0 Å². The smallest absolute Gasteiger partial charge is 0.332 e. The number of thioether (sulfide) groups is 1. The molecule has 2 aromatic carbocycles. The van der Waals surface area contributed by atoms with Crippen LogP contribution < -0.4 is 5.56 Å². The van der Waals surface area contributed by atoms with Crippen LogP contribution in [0.3, 0.4) is 0 Å². The zero-order chi connectivity index (χ0) is 31.2. The molecule has 1 amide bonds. The number of fused-ring (bicyclic) bond motifs is 1. The van der Waals surface area contributed by atoms with Crippen LogP contribution in [0.15, 0.2) is 64.5 Å². The minimum atomic E-state index is -0.358. The molecular formula is C35H42N4O5S. The number of para-hydroxylation sites is 1. The van der Waals surface area contributed by atoms with Crippen LogP contribution in [-0.4, -0.2) is 69.3 Å². The number of hydrogen-bond donors (Lipinski definition) is 0. The second-order valence-corrected chi connectivity index (χ2v) is 13.5. The molecule has 2 aliphatic heterocycles. The molecule has 45 heavy (non-hydrogen) atoms. The van der Waals surface area contributed by atoms with Gasteiger partial charge in [0.1, 0.15) is 6.61 Å². The van der Waals surface area contributed by atoms with Gasteiger partial charge in [0, 0.05) is 37.8 Å². The van der Waals surface area contributed by atoms with E-state index in [-0.39, 0.29) is 30.0 Å². The van der Waals surface area contributed by atoms with Gasteiger partial charge in [0.25, 0.3) is 5.56 Å². The van der Waals surface area contributed by atoms with Gasteiger partial charge >= 0.3 is 5.97 Å². The minimum absolute atomic E-state index is 0.0491. The molecule has 3 aromatic rings. The fourth-order valence-electron chi connectivity index (χ4n) is 6.43. The third-order valence-electron chi connectivity index (χ3n) is 8.88. The van der Waals surface area contributed by atoms with E-state index in [0.29, 0.717) is 56.6 Å². The number of amides is 1. The molecule has 0 radical (unpaired) electrons. The first-order chi connectivity index (χ1) is 22.0. The summed E-state index contributed by atoms with van der Waals surface area (Å²) in [4.78, 5) is 48.2. The van der Waals surface area contributed by atoms with E-state index in [4.69, 9.17) is 14.5 Å². The average molecular weight is 631 g/mol. The maximum atomic E-state index is 14.0. The Morgan fingerprint density at radius 1 is 0.978 bits per heavy atom. The van der Waals surface area contributed by atoms with Crippen LogP contribution in [0.2, 0.25) is 0 Å². The molecule has 1 aromatic heterocycles. The van der Waals surface area contributed by atoms with Crippen LogP contribution in [0.4, 0.5) is 0 Å². The first kappa shape index (κ1) is 31.5. The number of benzene rings is 2. The number of nitrogens with zero attached hydrogens (tertiary/aromatic N) is 4. The number of likely N-dealkylation sites (tertiary alicyclic amines) is 1. The van der Waals surface area contributed by atoms with Gasteiger partial charge in [-0.1, -0.05) is 73.5 Å². The lowest BCUT2D eigenvalue weighted by Gasteiger charge is -2.41. The lowest BCUT2D eigenvalue weighted by Crippen LogP contribution is -2.55. The van der Waals surface area contributed by atoms with Crippen molar-refractivity contribution < 1.29 is 19.1 Å². The van der Waals surface area contributed by atoms with Gasteiger partial charge < -0.3 is 14.4 Å². The lowest BCUT2D eigenvalue weighted by atomic mass is 9.95. The number of hydrogen-bond acceptors (Lipinski definition) is 8. The van der Waals surface area contributed by atoms with E-state index in [2.05, 4.69) is 17.0 Å². The van der Waals surface area contributed by atoms with Crippen LogP contribution in [0.1, 0.15) is 61.4 Å². The highest BCUT2D eigenvalue weighted by atomic mass is 32.2. The van der Waals surface area contributed by atoms with Crippen molar-refractivity contribution >= 4 is 23.6 Å². The molecule has 3 aliphatic rings. The highest BCUT2D eigenvalue weighted by Crippen LogP contribution is 2.34. The van der Waals surface area contributed by atoms with Crippen molar-refractivity contribution in [1.29, 1.82) is 0 Å². The van der Waals surface area contributed by atoms with Crippen LogP contribution in [0, 0.1) is 5.92 Å². The van der Waals surface area contributed by atoms with Crippen LogP contribution in [-0.2, 0) is 45.2 Å². The summed E-state index contributed by atoms with van der Waals surface area (Å²) in [7, 11) is 0. The quantitative estimate of drug-likeness (QED) is 0.221. The number of esters is 1. The van der Waals surface area contributed by atoms with Gasteiger partial charge in [0.15, 0.2) is 5.16 Å². The van der Waals surface area contributed by atoms with Gasteiger partial charge in [-0.3, -0.25) is 19.1 Å².